The van der Waals surface area contributed by atoms with Crippen LogP contribution in [0.4, 0.5) is 0 Å². The van der Waals surface area contributed by atoms with Crippen molar-refractivity contribution in [1.82, 2.24) is 4.98 Å². The summed E-state index contributed by atoms with van der Waals surface area (Å²) in [5, 5.41) is 0. The number of aromatic nitrogens is 1. The van der Waals surface area contributed by atoms with Gasteiger partial charge in [0, 0.05) is 24.2 Å². The van der Waals surface area contributed by atoms with Gasteiger partial charge in [-0.15, -0.1) is 0 Å². The average molecular weight is 902 g/mol. The van der Waals surface area contributed by atoms with Crippen LogP contribution < -0.4 is 0 Å². The van der Waals surface area contributed by atoms with E-state index in [0.717, 1.165) is 0 Å². The van der Waals surface area contributed by atoms with Crippen molar-refractivity contribution in [3.63, 3.8) is 0 Å². The van der Waals surface area contributed by atoms with E-state index in [9.17, 15) is 0 Å². The average Bonchev–Trinajstić information content (AvgIpc) is 3.43. The summed E-state index contributed by atoms with van der Waals surface area (Å²) in [4.78, 5) is 3.85. The van der Waals surface area contributed by atoms with Crippen molar-refractivity contribution >= 4 is 0 Å². The molecule has 1 heteroatoms. The Morgan fingerprint density at radius 3 is 1.16 bits per heavy atom. The number of benzene rings is 8. The highest BCUT2D eigenvalue weighted by molar-refractivity contribution is 5.81. The fraction of sp³-hybridized carbons (Fsp3) is 0.0870. The van der Waals surface area contributed by atoms with Crippen molar-refractivity contribution in [1.29, 1.82) is 0 Å². The molecule has 0 bridgehead atoms. The molecule has 0 fully saturated rings. The normalized spacial score (nSPS) is 14.7. The fourth-order valence-electron chi connectivity index (χ4n) is 9.25. The first-order chi connectivity index (χ1) is 34.4. The first-order valence-corrected chi connectivity index (χ1v) is 24.3. The fourth-order valence-corrected chi connectivity index (χ4v) is 9.25. The van der Waals surface area contributed by atoms with E-state index < -0.39 is 0 Å². The molecular weight excluding hydrogens is 843 g/mol. The number of aryl methyl sites for hydroxylation is 3. The molecule has 1 nitrogen and oxygen atoms in total. The number of allylic oxidation sites excluding steroid dienone is 10. The van der Waals surface area contributed by atoms with Crippen LogP contribution >= 0.6 is 0 Å². The van der Waals surface area contributed by atoms with Crippen molar-refractivity contribution in [3.05, 3.63) is 318 Å². The Balaban J connectivity index is 0.000000123. The Bertz CT molecular complexity index is 3240. The van der Waals surface area contributed by atoms with Crippen LogP contribution in [0.1, 0.15) is 46.6 Å². The molecule has 0 saturated carbocycles. The van der Waals surface area contributed by atoms with Gasteiger partial charge in [0.25, 0.3) is 0 Å². The summed E-state index contributed by atoms with van der Waals surface area (Å²) in [5.74, 6) is 0.866. The molecule has 3 aliphatic rings. The summed E-state index contributed by atoms with van der Waals surface area (Å²) < 4.78 is 0. The maximum absolute atomic E-state index is 3.85. The predicted molar refractivity (Wildman–Crippen MR) is 299 cm³/mol. The van der Waals surface area contributed by atoms with E-state index in [1.54, 1.807) is 12.4 Å². The lowest BCUT2D eigenvalue weighted by Gasteiger charge is -2.34. The zero-order valence-electron chi connectivity index (χ0n) is 40.6. The smallest absolute Gasteiger partial charge is 0.0278 e. The van der Waals surface area contributed by atoms with Gasteiger partial charge in [0.15, 0.2) is 0 Å². The highest BCUT2D eigenvalue weighted by Crippen LogP contribution is 2.48. The molecule has 0 amide bonds. The third kappa shape index (κ3) is 11.6. The molecule has 1 heterocycles. The Morgan fingerprint density at radius 2 is 0.686 bits per heavy atom. The minimum absolute atomic E-state index is 0.433. The van der Waals surface area contributed by atoms with Crippen LogP contribution in [0.25, 0.3) is 55.6 Å². The molecule has 8 aromatic carbocycles. The van der Waals surface area contributed by atoms with E-state index in [1.165, 1.54) is 100 Å². The lowest BCUT2D eigenvalue weighted by Crippen LogP contribution is -2.18. The minimum atomic E-state index is 0.433. The third-order valence-electron chi connectivity index (χ3n) is 13.0. The summed E-state index contributed by atoms with van der Waals surface area (Å²) in [6.07, 6.45) is 19.4. The molecule has 1 aromatic heterocycles. The molecular formula is C69H59N. The highest BCUT2D eigenvalue weighted by Gasteiger charge is 2.31. The van der Waals surface area contributed by atoms with Gasteiger partial charge in [0.1, 0.15) is 0 Å². The summed E-state index contributed by atoms with van der Waals surface area (Å²) in [7, 11) is 0. The topological polar surface area (TPSA) is 12.9 Å². The van der Waals surface area contributed by atoms with E-state index in [2.05, 4.69) is 268 Å². The van der Waals surface area contributed by atoms with E-state index in [-0.39, 0.29) is 0 Å². The summed E-state index contributed by atoms with van der Waals surface area (Å²) in [6, 6.07) is 77.5. The Kier molecular flexibility index (Phi) is 15.1. The predicted octanol–water partition coefficient (Wildman–Crippen LogP) is 18.5. The Labute approximate surface area is 415 Å². The van der Waals surface area contributed by atoms with Gasteiger partial charge in [-0.3, -0.25) is 4.98 Å². The zero-order valence-corrected chi connectivity index (χ0v) is 40.6. The largest absolute Gasteiger partial charge is 0.265 e. The van der Waals surface area contributed by atoms with Gasteiger partial charge in [-0.1, -0.05) is 241 Å². The molecule has 0 spiro atoms. The SMILES string of the molecule is CC1=CC2=C3C=CC=CC3c3ccccc3C2C=C1.Cc1ccc(-c2cc(-c3ccccc3)cc(-c3ccccc3)c2)cc1.Cc1ccc(-c2cccc(-c3ccccc3)c2)cc1.Cc1ccncc1. The molecule has 3 aliphatic carbocycles. The van der Waals surface area contributed by atoms with E-state index >= 15 is 0 Å². The third-order valence-corrected chi connectivity index (χ3v) is 13.0. The number of hydrogen-bond donors (Lipinski definition) is 0. The highest BCUT2D eigenvalue weighted by atomic mass is 14.6. The van der Waals surface area contributed by atoms with Gasteiger partial charge >= 0.3 is 0 Å². The molecule has 2 atom stereocenters. The lowest BCUT2D eigenvalue weighted by molar-refractivity contribution is 0.849. The minimum Gasteiger partial charge on any atom is -0.265 e. The number of pyridine rings is 1. The van der Waals surface area contributed by atoms with Crippen LogP contribution in [0, 0.1) is 20.8 Å². The van der Waals surface area contributed by atoms with Crippen molar-refractivity contribution in [2.45, 2.75) is 39.5 Å². The molecule has 340 valence electrons. The Morgan fingerprint density at radius 1 is 0.300 bits per heavy atom. The van der Waals surface area contributed by atoms with E-state index in [4.69, 9.17) is 0 Å². The second-order valence-corrected chi connectivity index (χ2v) is 18.2. The van der Waals surface area contributed by atoms with Gasteiger partial charge in [-0.25, -0.2) is 0 Å². The molecule has 9 aromatic rings. The molecule has 0 saturated heterocycles. The number of nitrogens with zero attached hydrogens (tertiary/aromatic N) is 1. The second kappa shape index (κ2) is 22.6. The summed E-state index contributed by atoms with van der Waals surface area (Å²) in [5.41, 5.74) is 23.6. The first-order valence-electron chi connectivity index (χ1n) is 24.3. The van der Waals surface area contributed by atoms with Gasteiger partial charge < -0.3 is 0 Å². The number of rotatable bonds is 5. The number of hydrogen-bond acceptors (Lipinski definition) is 1. The van der Waals surface area contributed by atoms with Crippen molar-refractivity contribution < 1.29 is 0 Å². The molecule has 0 aliphatic heterocycles. The molecule has 2 unspecified atom stereocenters. The molecule has 0 radical (unpaired) electrons. The molecule has 12 rings (SSSR count). The van der Waals surface area contributed by atoms with Crippen LogP contribution in [-0.4, -0.2) is 4.98 Å². The van der Waals surface area contributed by atoms with E-state index in [0.29, 0.717) is 11.8 Å². The van der Waals surface area contributed by atoms with Crippen LogP contribution in [0.5, 0.6) is 0 Å². The van der Waals surface area contributed by atoms with Crippen molar-refractivity contribution in [2.24, 2.45) is 0 Å². The number of fused-ring (bicyclic) bond motifs is 5. The second-order valence-electron chi connectivity index (χ2n) is 18.2. The van der Waals surface area contributed by atoms with Gasteiger partial charge in [-0.2, -0.15) is 0 Å². The monoisotopic (exact) mass is 901 g/mol. The molecule has 0 N–H and O–H groups in total. The Hall–Kier alpha value is -8.39. The van der Waals surface area contributed by atoms with Crippen LogP contribution in [0.3, 0.4) is 0 Å². The molecule has 70 heavy (non-hydrogen) atoms. The van der Waals surface area contributed by atoms with Gasteiger partial charge in [-0.05, 0) is 148 Å². The van der Waals surface area contributed by atoms with Gasteiger partial charge in [0.05, 0.1) is 0 Å². The summed E-state index contributed by atoms with van der Waals surface area (Å²) >= 11 is 0. The zero-order chi connectivity index (χ0) is 48.1. The lowest BCUT2D eigenvalue weighted by atomic mass is 9.69. The summed E-state index contributed by atoms with van der Waals surface area (Å²) in [6.45, 7) is 8.46. The van der Waals surface area contributed by atoms with Crippen LogP contribution in [-0.2, 0) is 0 Å². The van der Waals surface area contributed by atoms with Crippen LogP contribution in [0.2, 0.25) is 0 Å². The maximum Gasteiger partial charge on any atom is 0.0278 e. The van der Waals surface area contributed by atoms with E-state index in [1.807, 2.05) is 25.1 Å². The van der Waals surface area contributed by atoms with Crippen molar-refractivity contribution in [2.75, 3.05) is 0 Å². The van der Waals surface area contributed by atoms with Crippen molar-refractivity contribution in [3.8, 4) is 55.6 Å². The first kappa shape index (κ1) is 46.7. The van der Waals surface area contributed by atoms with Crippen LogP contribution in [0.15, 0.2) is 290 Å². The standard InChI is InChI=1S/C25H20.2C19H16.C6H7N/c1-19-12-14-22(15-13-19)25-17-23(20-8-4-2-5-9-20)16-24(18-25)21-10-6-3-7-11-21;1-13-10-11-18-16-8-3-2-6-14(16)15-7-4-5-9-17(15)19(18)12-13;1-15-10-12-17(13-11-15)19-9-5-8-18(14-19)16-6-3-2-4-7-16;1-6-2-4-7-5-3-6/h2-18H,1H3;2-12,15,18H,1H3;2-14H,1H3;2-5H,1H3. The maximum atomic E-state index is 3.85. The van der Waals surface area contributed by atoms with Gasteiger partial charge in [0.2, 0.25) is 0 Å². The quantitative estimate of drug-likeness (QED) is 0.168.